The smallest absolute Gasteiger partial charge is 0.407 e. The summed E-state index contributed by atoms with van der Waals surface area (Å²) >= 11 is 0. The number of carbonyl (C=O) groups excluding carboxylic acids is 2. The molecular weight excluding hydrogens is 444 g/mol. The number of nitrogens with one attached hydrogen (secondary N) is 2. The van der Waals surface area contributed by atoms with Crippen molar-refractivity contribution in [1.82, 2.24) is 10.6 Å². The fourth-order valence-electron chi connectivity index (χ4n) is 4.56. The minimum Gasteiger partial charge on any atom is -0.480 e. The normalized spacial score (nSPS) is 13.1. The second kappa shape index (κ2) is 12.9. The molecule has 0 heterocycles. The topological polar surface area (TPSA) is 105 Å². The van der Waals surface area contributed by atoms with Gasteiger partial charge in [0.2, 0.25) is 5.91 Å². The molecule has 3 N–H and O–H groups in total. The molecule has 7 heteroatoms. The van der Waals surface area contributed by atoms with Crippen LogP contribution in [0.15, 0.2) is 48.5 Å². The number of ether oxygens (including phenoxy) is 1. The van der Waals surface area contributed by atoms with E-state index in [1.54, 1.807) is 0 Å². The number of rotatable bonds is 13. The van der Waals surface area contributed by atoms with Crippen molar-refractivity contribution in [2.24, 2.45) is 5.92 Å². The Morgan fingerprint density at radius 1 is 0.914 bits per heavy atom. The van der Waals surface area contributed by atoms with Crippen LogP contribution in [0.25, 0.3) is 11.1 Å². The number of hydrogen-bond acceptors (Lipinski definition) is 4. The first-order valence-corrected chi connectivity index (χ1v) is 12.5. The Balaban J connectivity index is 1.29. The minimum absolute atomic E-state index is 0.0422. The Labute approximate surface area is 207 Å². The van der Waals surface area contributed by atoms with Crippen LogP contribution in [0.4, 0.5) is 4.79 Å². The van der Waals surface area contributed by atoms with Crippen molar-refractivity contribution in [3.63, 3.8) is 0 Å². The molecule has 0 saturated heterocycles. The zero-order valence-electron chi connectivity index (χ0n) is 20.6. The molecule has 0 fully saturated rings. The van der Waals surface area contributed by atoms with Gasteiger partial charge in [-0.1, -0.05) is 75.2 Å². The van der Waals surface area contributed by atoms with Crippen LogP contribution in [0.2, 0.25) is 0 Å². The summed E-state index contributed by atoms with van der Waals surface area (Å²) in [4.78, 5) is 35.5. The van der Waals surface area contributed by atoms with E-state index in [0.29, 0.717) is 32.4 Å². The lowest BCUT2D eigenvalue weighted by molar-refractivity contribution is -0.142. The van der Waals surface area contributed by atoms with Crippen molar-refractivity contribution in [2.75, 3.05) is 13.2 Å². The van der Waals surface area contributed by atoms with Crippen molar-refractivity contribution in [3.05, 3.63) is 59.7 Å². The van der Waals surface area contributed by atoms with Crippen molar-refractivity contribution < 1.29 is 24.2 Å². The zero-order chi connectivity index (χ0) is 25.2. The number of fused-ring (bicyclic) bond motifs is 3. The molecule has 0 aromatic heterocycles. The van der Waals surface area contributed by atoms with E-state index < -0.39 is 18.1 Å². The number of hydrogen-bond donors (Lipinski definition) is 3. The van der Waals surface area contributed by atoms with E-state index in [9.17, 15) is 19.5 Å². The van der Waals surface area contributed by atoms with Crippen LogP contribution < -0.4 is 10.6 Å². The molecule has 3 rings (SSSR count). The number of aliphatic carboxylic acids is 1. The molecule has 0 aliphatic heterocycles. The van der Waals surface area contributed by atoms with Gasteiger partial charge < -0.3 is 20.5 Å². The number of benzene rings is 2. The molecule has 7 nitrogen and oxygen atoms in total. The zero-order valence-corrected chi connectivity index (χ0v) is 20.6. The quantitative estimate of drug-likeness (QED) is 0.346. The second-order valence-corrected chi connectivity index (χ2v) is 9.50. The number of carbonyl (C=O) groups is 3. The number of carboxylic acids is 1. The SMILES string of the molecule is CC(C)C[C@@H](NC(=O)CCCCCCNC(=O)OCC1c2ccccc2-c2ccccc21)C(=O)O. The van der Waals surface area contributed by atoms with Crippen molar-refractivity contribution >= 4 is 18.0 Å². The molecule has 1 aliphatic rings. The predicted octanol–water partition coefficient (Wildman–Crippen LogP) is 5.09. The number of amides is 2. The van der Waals surface area contributed by atoms with Crippen molar-refractivity contribution in [2.45, 2.75) is 64.3 Å². The maximum Gasteiger partial charge on any atom is 0.407 e. The first-order valence-electron chi connectivity index (χ1n) is 12.5. The third kappa shape index (κ3) is 7.57. The molecule has 1 aliphatic carbocycles. The Hall–Kier alpha value is -3.35. The maximum absolute atomic E-state index is 12.2. The maximum atomic E-state index is 12.2. The van der Waals surface area contributed by atoms with Crippen LogP contribution in [0, 0.1) is 5.92 Å². The highest BCUT2D eigenvalue weighted by Crippen LogP contribution is 2.44. The van der Waals surface area contributed by atoms with Crippen LogP contribution in [0.5, 0.6) is 0 Å². The molecule has 0 saturated carbocycles. The molecular formula is C28H36N2O5. The van der Waals surface area contributed by atoms with E-state index in [0.717, 1.165) is 19.3 Å². The fourth-order valence-corrected chi connectivity index (χ4v) is 4.56. The molecule has 2 aromatic carbocycles. The molecule has 0 radical (unpaired) electrons. The summed E-state index contributed by atoms with van der Waals surface area (Å²) in [5, 5.41) is 14.6. The van der Waals surface area contributed by atoms with E-state index >= 15 is 0 Å². The molecule has 0 spiro atoms. The van der Waals surface area contributed by atoms with E-state index in [1.807, 2.05) is 38.1 Å². The van der Waals surface area contributed by atoms with Crippen LogP contribution in [0.1, 0.15) is 69.4 Å². The van der Waals surface area contributed by atoms with Crippen molar-refractivity contribution in [3.8, 4) is 11.1 Å². The summed E-state index contributed by atoms with van der Waals surface area (Å²) in [6.07, 6.45) is 3.48. The molecule has 188 valence electrons. The van der Waals surface area contributed by atoms with Gasteiger partial charge in [0.15, 0.2) is 0 Å². The highest BCUT2D eigenvalue weighted by atomic mass is 16.5. The molecule has 35 heavy (non-hydrogen) atoms. The van der Waals surface area contributed by atoms with E-state index in [4.69, 9.17) is 4.74 Å². The summed E-state index contributed by atoms with van der Waals surface area (Å²) < 4.78 is 5.53. The second-order valence-electron chi connectivity index (χ2n) is 9.50. The fraction of sp³-hybridized carbons (Fsp3) is 0.464. The van der Waals surface area contributed by atoms with Gasteiger partial charge in [0.05, 0.1) is 0 Å². The molecule has 2 amide bonds. The van der Waals surface area contributed by atoms with Gasteiger partial charge in [-0.3, -0.25) is 4.79 Å². The number of unbranched alkanes of at least 4 members (excludes halogenated alkanes) is 3. The Kier molecular flexibility index (Phi) is 9.70. The average Bonchev–Trinajstić information content (AvgIpc) is 3.15. The van der Waals surface area contributed by atoms with E-state index in [2.05, 4.69) is 34.9 Å². The average molecular weight is 481 g/mol. The summed E-state index contributed by atoms with van der Waals surface area (Å²) in [5.74, 6) is -0.984. The van der Waals surface area contributed by atoms with Crippen LogP contribution in [-0.2, 0) is 14.3 Å². The third-order valence-electron chi connectivity index (χ3n) is 6.28. The standard InChI is InChI=1S/C28H36N2O5/c1-19(2)17-25(27(32)33)30-26(31)15-5-3-4-10-16-29-28(34)35-18-24-22-13-8-6-11-20(22)21-12-7-9-14-23(21)24/h6-9,11-14,19,24-25H,3-5,10,15-18H2,1-2H3,(H,29,34)(H,30,31)(H,32,33)/t25-/m1/s1. The minimum atomic E-state index is -0.994. The first kappa shape index (κ1) is 26.3. The van der Waals surface area contributed by atoms with Gasteiger partial charge in [-0.05, 0) is 47.4 Å². The lowest BCUT2D eigenvalue weighted by Crippen LogP contribution is -2.41. The monoisotopic (exact) mass is 480 g/mol. The van der Waals surface area contributed by atoms with Gasteiger partial charge in [0, 0.05) is 18.9 Å². The lowest BCUT2D eigenvalue weighted by Gasteiger charge is -2.16. The van der Waals surface area contributed by atoms with Gasteiger partial charge >= 0.3 is 12.1 Å². The summed E-state index contributed by atoms with van der Waals surface area (Å²) in [6, 6.07) is 15.6. The highest BCUT2D eigenvalue weighted by molar-refractivity contribution is 5.83. The van der Waals surface area contributed by atoms with E-state index in [-0.39, 0.29) is 17.7 Å². The molecule has 0 bridgehead atoms. The van der Waals surface area contributed by atoms with Gasteiger partial charge in [-0.15, -0.1) is 0 Å². The molecule has 1 atom stereocenters. The third-order valence-corrected chi connectivity index (χ3v) is 6.28. The van der Waals surface area contributed by atoms with Crippen molar-refractivity contribution in [1.29, 1.82) is 0 Å². The van der Waals surface area contributed by atoms with Gasteiger partial charge in [-0.2, -0.15) is 0 Å². The molecule has 0 unspecified atom stereocenters. The number of carboxylic acid groups (broad SMARTS) is 1. The Morgan fingerprint density at radius 3 is 2.11 bits per heavy atom. The van der Waals surface area contributed by atoms with Gasteiger partial charge in [-0.25, -0.2) is 9.59 Å². The highest BCUT2D eigenvalue weighted by Gasteiger charge is 2.29. The lowest BCUT2D eigenvalue weighted by atomic mass is 9.98. The van der Waals surface area contributed by atoms with Crippen LogP contribution in [0.3, 0.4) is 0 Å². The van der Waals surface area contributed by atoms with E-state index in [1.165, 1.54) is 22.3 Å². The summed E-state index contributed by atoms with van der Waals surface area (Å²) in [7, 11) is 0. The van der Waals surface area contributed by atoms with Crippen LogP contribution in [-0.4, -0.2) is 42.3 Å². The van der Waals surface area contributed by atoms with Gasteiger partial charge in [0.1, 0.15) is 12.6 Å². The van der Waals surface area contributed by atoms with Gasteiger partial charge in [0.25, 0.3) is 0 Å². The Morgan fingerprint density at radius 2 is 1.51 bits per heavy atom. The predicted molar refractivity (Wildman–Crippen MR) is 135 cm³/mol. The first-order chi connectivity index (χ1) is 16.9. The van der Waals surface area contributed by atoms with Crippen LogP contribution >= 0.6 is 0 Å². The summed E-state index contributed by atoms with van der Waals surface area (Å²) in [5.41, 5.74) is 4.77. The Bertz CT molecular complexity index is 974. The summed E-state index contributed by atoms with van der Waals surface area (Å²) in [6.45, 7) is 4.67. The number of alkyl carbamates (subject to hydrolysis) is 1. The largest absolute Gasteiger partial charge is 0.480 e. The molecule has 2 aromatic rings.